The molecule has 0 bridgehead atoms. The second-order valence-electron chi connectivity index (χ2n) is 7.53. The lowest BCUT2D eigenvalue weighted by Crippen LogP contribution is -2.57. The number of nitrogens with one attached hydrogen (secondary N) is 1. The van der Waals surface area contributed by atoms with Crippen LogP contribution in [0.3, 0.4) is 0 Å². The van der Waals surface area contributed by atoms with Crippen LogP contribution >= 0.6 is 0 Å². The molecule has 1 N–H and O–H groups in total. The van der Waals surface area contributed by atoms with Crippen molar-refractivity contribution in [2.45, 2.75) is 65.5 Å². The topological polar surface area (TPSA) is 49.4 Å². The van der Waals surface area contributed by atoms with Crippen molar-refractivity contribution in [3.05, 3.63) is 0 Å². The second-order valence-corrected chi connectivity index (χ2v) is 7.53. The number of rotatable bonds is 2. The Morgan fingerprint density at radius 1 is 1.11 bits per heavy atom. The standard InChI is InChI=1S/C15H26N2O2/c1-14(2,3)12-13(19)17(9-8-11(18)16-12)15(4,5)10-6-7-10/h10,12H,6-9H2,1-5H3,(H,16,18). The summed E-state index contributed by atoms with van der Waals surface area (Å²) in [6.45, 7) is 10.8. The minimum absolute atomic E-state index is 0.0117. The van der Waals surface area contributed by atoms with Gasteiger partial charge in [-0.25, -0.2) is 0 Å². The summed E-state index contributed by atoms with van der Waals surface area (Å²) in [4.78, 5) is 26.6. The van der Waals surface area contributed by atoms with Crippen LogP contribution in [0.25, 0.3) is 0 Å². The largest absolute Gasteiger partial charge is 0.344 e. The number of hydrogen-bond acceptors (Lipinski definition) is 2. The summed E-state index contributed by atoms with van der Waals surface area (Å²) in [7, 11) is 0. The van der Waals surface area contributed by atoms with Gasteiger partial charge in [-0.3, -0.25) is 9.59 Å². The van der Waals surface area contributed by atoms with E-state index in [0.29, 0.717) is 18.9 Å². The third kappa shape index (κ3) is 2.77. The molecule has 0 spiro atoms. The molecule has 1 saturated heterocycles. The maximum Gasteiger partial charge on any atom is 0.246 e. The lowest BCUT2D eigenvalue weighted by atomic mass is 9.84. The summed E-state index contributed by atoms with van der Waals surface area (Å²) in [6.07, 6.45) is 2.80. The van der Waals surface area contributed by atoms with Crippen molar-refractivity contribution in [2.24, 2.45) is 11.3 Å². The molecule has 0 aromatic rings. The van der Waals surface area contributed by atoms with Crippen molar-refractivity contribution < 1.29 is 9.59 Å². The fourth-order valence-corrected chi connectivity index (χ4v) is 2.94. The van der Waals surface area contributed by atoms with Crippen LogP contribution < -0.4 is 5.32 Å². The summed E-state index contributed by atoms with van der Waals surface area (Å²) in [5, 5.41) is 2.90. The third-order valence-corrected chi connectivity index (χ3v) is 4.52. The molecule has 1 atom stereocenters. The van der Waals surface area contributed by atoms with E-state index in [0.717, 1.165) is 0 Å². The lowest BCUT2D eigenvalue weighted by molar-refractivity contribution is -0.141. The van der Waals surface area contributed by atoms with Crippen molar-refractivity contribution in [1.82, 2.24) is 10.2 Å². The van der Waals surface area contributed by atoms with Crippen LogP contribution in [0.2, 0.25) is 0 Å². The van der Waals surface area contributed by atoms with Crippen molar-refractivity contribution in [2.75, 3.05) is 6.54 Å². The van der Waals surface area contributed by atoms with E-state index in [-0.39, 0.29) is 22.8 Å². The first-order valence-electron chi connectivity index (χ1n) is 7.25. The number of carbonyl (C=O) groups excluding carboxylic acids is 2. The summed E-state index contributed by atoms with van der Waals surface area (Å²) in [6, 6.07) is -0.416. The highest BCUT2D eigenvalue weighted by molar-refractivity contribution is 5.91. The highest BCUT2D eigenvalue weighted by atomic mass is 16.2. The van der Waals surface area contributed by atoms with Gasteiger partial charge < -0.3 is 10.2 Å². The zero-order valence-corrected chi connectivity index (χ0v) is 12.7. The van der Waals surface area contributed by atoms with E-state index in [9.17, 15) is 9.59 Å². The van der Waals surface area contributed by atoms with Gasteiger partial charge >= 0.3 is 0 Å². The average Bonchev–Trinajstić information content (AvgIpc) is 3.05. The Hall–Kier alpha value is -1.06. The minimum Gasteiger partial charge on any atom is -0.344 e. The highest BCUT2D eigenvalue weighted by Crippen LogP contribution is 2.43. The molecule has 2 amide bonds. The normalized spacial score (nSPS) is 26.2. The number of amides is 2. The summed E-state index contributed by atoms with van der Waals surface area (Å²) in [5.41, 5.74) is -0.387. The van der Waals surface area contributed by atoms with E-state index < -0.39 is 6.04 Å². The van der Waals surface area contributed by atoms with E-state index in [1.165, 1.54) is 12.8 Å². The van der Waals surface area contributed by atoms with Gasteiger partial charge in [-0.2, -0.15) is 0 Å². The fraction of sp³-hybridized carbons (Fsp3) is 0.867. The summed E-state index contributed by atoms with van der Waals surface area (Å²) in [5.74, 6) is 0.655. The van der Waals surface area contributed by atoms with Gasteiger partial charge in [0.15, 0.2) is 0 Å². The first-order valence-corrected chi connectivity index (χ1v) is 7.25. The molecule has 1 unspecified atom stereocenters. The van der Waals surface area contributed by atoms with Gasteiger partial charge in [-0.15, -0.1) is 0 Å². The van der Waals surface area contributed by atoms with E-state index in [2.05, 4.69) is 19.2 Å². The fourth-order valence-electron chi connectivity index (χ4n) is 2.94. The molecule has 19 heavy (non-hydrogen) atoms. The van der Waals surface area contributed by atoms with Gasteiger partial charge in [-0.05, 0) is 38.0 Å². The van der Waals surface area contributed by atoms with Crippen molar-refractivity contribution in [1.29, 1.82) is 0 Å². The Labute approximate surface area is 115 Å². The number of hydrogen-bond donors (Lipinski definition) is 1. The molecule has 1 saturated carbocycles. The Bertz CT molecular complexity index is 391. The van der Waals surface area contributed by atoms with Crippen molar-refractivity contribution >= 4 is 11.8 Å². The van der Waals surface area contributed by atoms with Gasteiger partial charge in [0.2, 0.25) is 11.8 Å². The zero-order chi connectivity index (χ0) is 14.4. The zero-order valence-electron chi connectivity index (χ0n) is 12.7. The van der Waals surface area contributed by atoms with Crippen LogP contribution in [0, 0.1) is 11.3 Å². The smallest absolute Gasteiger partial charge is 0.246 e. The molecule has 1 aliphatic carbocycles. The van der Waals surface area contributed by atoms with Crippen LogP contribution in [-0.4, -0.2) is 34.8 Å². The molecule has 2 fully saturated rings. The molecular weight excluding hydrogens is 240 g/mol. The van der Waals surface area contributed by atoms with Crippen molar-refractivity contribution in [3.8, 4) is 0 Å². The molecule has 1 heterocycles. The minimum atomic E-state index is -0.416. The van der Waals surface area contributed by atoms with E-state index in [1.807, 2.05) is 25.7 Å². The predicted molar refractivity (Wildman–Crippen MR) is 74.5 cm³/mol. The molecule has 1 aliphatic heterocycles. The van der Waals surface area contributed by atoms with Gasteiger partial charge in [-0.1, -0.05) is 20.8 Å². The van der Waals surface area contributed by atoms with Crippen LogP contribution in [0.4, 0.5) is 0 Å². The third-order valence-electron chi connectivity index (χ3n) is 4.52. The predicted octanol–water partition coefficient (Wildman–Crippen LogP) is 1.94. The number of carbonyl (C=O) groups is 2. The van der Waals surface area contributed by atoms with Gasteiger partial charge in [0, 0.05) is 18.5 Å². The Morgan fingerprint density at radius 2 is 1.68 bits per heavy atom. The summed E-state index contributed by atoms with van der Waals surface area (Å²) < 4.78 is 0. The van der Waals surface area contributed by atoms with Crippen LogP contribution in [0.1, 0.15) is 53.9 Å². The molecule has 0 aromatic carbocycles. The van der Waals surface area contributed by atoms with Crippen LogP contribution in [-0.2, 0) is 9.59 Å². The maximum atomic E-state index is 12.8. The molecular formula is C15H26N2O2. The second kappa shape index (κ2) is 4.50. The Kier molecular flexibility index (Phi) is 3.40. The van der Waals surface area contributed by atoms with Crippen LogP contribution in [0.5, 0.6) is 0 Å². The van der Waals surface area contributed by atoms with E-state index >= 15 is 0 Å². The Morgan fingerprint density at radius 3 is 2.16 bits per heavy atom. The lowest BCUT2D eigenvalue weighted by Gasteiger charge is -2.41. The van der Waals surface area contributed by atoms with Gasteiger partial charge in [0.25, 0.3) is 0 Å². The molecule has 2 aliphatic rings. The average molecular weight is 266 g/mol. The summed E-state index contributed by atoms with van der Waals surface area (Å²) >= 11 is 0. The van der Waals surface area contributed by atoms with E-state index in [4.69, 9.17) is 0 Å². The maximum absolute atomic E-state index is 12.8. The first kappa shape index (κ1) is 14.4. The molecule has 4 heteroatoms. The molecule has 0 radical (unpaired) electrons. The first-order chi connectivity index (χ1) is 8.64. The molecule has 108 valence electrons. The number of nitrogens with zero attached hydrogens (tertiary/aromatic N) is 1. The van der Waals surface area contributed by atoms with Crippen LogP contribution in [0.15, 0.2) is 0 Å². The van der Waals surface area contributed by atoms with E-state index in [1.54, 1.807) is 0 Å². The molecule has 4 nitrogen and oxygen atoms in total. The van der Waals surface area contributed by atoms with Gasteiger partial charge in [0.05, 0.1) is 0 Å². The van der Waals surface area contributed by atoms with Gasteiger partial charge in [0.1, 0.15) is 6.04 Å². The Balaban J connectivity index is 2.28. The highest BCUT2D eigenvalue weighted by Gasteiger charge is 2.48. The van der Waals surface area contributed by atoms with Crippen molar-refractivity contribution in [3.63, 3.8) is 0 Å². The SMILES string of the molecule is CC(C)(C)C1NC(=O)CCN(C(C)(C)C2CC2)C1=O. The molecule has 2 rings (SSSR count). The molecule has 0 aromatic heterocycles. The quantitative estimate of drug-likeness (QED) is 0.830. The monoisotopic (exact) mass is 266 g/mol.